The molecule has 72 heavy (non-hydrogen) atoms. The summed E-state index contributed by atoms with van der Waals surface area (Å²) in [4.78, 5) is 38.1. The summed E-state index contributed by atoms with van der Waals surface area (Å²) in [6.45, 7) is 6.50. The molecule has 0 heterocycles. The van der Waals surface area contributed by atoms with Crippen LogP contribution in [0.1, 0.15) is 297 Å². The van der Waals surface area contributed by atoms with E-state index in [2.05, 4.69) is 106 Å². The van der Waals surface area contributed by atoms with Crippen molar-refractivity contribution in [2.45, 2.75) is 303 Å². The third-order valence-electron chi connectivity index (χ3n) is 13.1. The van der Waals surface area contributed by atoms with Gasteiger partial charge >= 0.3 is 17.9 Å². The van der Waals surface area contributed by atoms with E-state index in [-0.39, 0.29) is 31.1 Å². The molecular formula is C66H114O6. The van der Waals surface area contributed by atoms with Crippen LogP contribution in [0.2, 0.25) is 0 Å². The molecule has 6 nitrogen and oxygen atoms in total. The van der Waals surface area contributed by atoms with Gasteiger partial charge in [-0.3, -0.25) is 14.4 Å². The van der Waals surface area contributed by atoms with E-state index in [1.807, 2.05) is 0 Å². The first-order valence-electron chi connectivity index (χ1n) is 30.6. The molecule has 6 heteroatoms. The molecule has 0 aromatic heterocycles. The highest BCUT2D eigenvalue weighted by Crippen LogP contribution is 2.16. The minimum absolute atomic E-state index is 0.0785. The summed E-state index contributed by atoms with van der Waals surface area (Å²) >= 11 is 0. The number of carbonyl (C=O) groups excluding carboxylic acids is 3. The Balaban J connectivity index is 4.21. The molecule has 1 atom stereocenters. The smallest absolute Gasteiger partial charge is 0.306 e. The molecule has 0 rings (SSSR count). The maximum atomic E-state index is 12.8. The number of esters is 3. The average Bonchev–Trinajstić information content (AvgIpc) is 3.38. The summed E-state index contributed by atoms with van der Waals surface area (Å²) < 4.78 is 16.9. The van der Waals surface area contributed by atoms with Crippen molar-refractivity contribution in [2.75, 3.05) is 13.2 Å². The van der Waals surface area contributed by atoms with E-state index in [0.717, 1.165) is 103 Å². The Morgan fingerprint density at radius 3 is 0.903 bits per heavy atom. The van der Waals surface area contributed by atoms with Crippen LogP contribution < -0.4 is 0 Å². The molecule has 0 aromatic rings. The largest absolute Gasteiger partial charge is 0.462 e. The van der Waals surface area contributed by atoms with Gasteiger partial charge in [0, 0.05) is 19.3 Å². The number of allylic oxidation sites excluding steroid dienone is 14. The monoisotopic (exact) mass is 1000 g/mol. The van der Waals surface area contributed by atoms with Gasteiger partial charge in [-0.2, -0.15) is 0 Å². The quantitative estimate of drug-likeness (QED) is 0.0261. The zero-order valence-corrected chi connectivity index (χ0v) is 47.4. The van der Waals surface area contributed by atoms with E-state index in [9.17, 15) is 14.4 Å². The van der Waals surface area contributed by atoms with Crippen LogP contribution in [-0.4, -0.2) is 37.2 Å². The maximum absolute atomic E-state index is 12.8. The van der Waals surface area contributed by atoms with Crippen LogP contribution in [0.15, 0.2) is 85.1 Å². The SMILES string of the molecule is CC/C=C\C/C=C\C/C=C\C/C=C\C/C=C\C/C=C\CCCCCCCCCCCCC(=O)OCC(COC(=O)CCCCCCC/C=C\CCCC)OC(=O)CCCCCCCCCCCCCCCC. The van der Waals surface area contributed by atoms with Crippen molar-refractivity contribution < 1.29 is 28.6 Å². The van der Waals surface area contributed by atoms with E-state index in [0.29, 0.717) is 19.3 Å². The normalized spacial score (nSPS) is 12.7. The van der Waals surface area contributed by atoms with E-state index < -0.39 is 6.10 Å². The van der Waals surface area contributed by atoms with Gasteiger partial charge in [-0.15, -0.1) is 0 Å². The number of hydrogen-bond donors (Lipinski definition) is 0. The lowest BCUT2D eigenvalue weighted by atomic mass is 10.0. The number of rotatable bonds is 55. The zero-order chi connectivity index (χ0) is 52.2. The summed E-state index contributed by atoms with van der Waals surface area (Å²) in [6, 6.07) is 0. The molecule has 0 saturated heterocycles. The van der Waals surface area contributed by atoms with Crippen LogP contribution in [0.4, 0.5) is 0 Å². The highest BCUT2D eigenvalue weighted by Gasteiger charge is 2.19. The van der Waals surface area contributed by atoms with E-state index in [1.165, 1.54) is 154 Å². The fourth-order valence-electron chi connectivity index (χ4n) is 8.55. The molecule has 0 N–H and O–H groups in total. The Morgan fingerprint density at radius 1 is 0.292 bits per heavy atom. The van der Waals surface area contributed by atoms with Gasteiger partial charge in [0.25, 0.3) is 0 Å². The second-order valence-corrected chi connectivity index (χ2v) is 20.2. The molecule has 0 saturated carbocycles. The van der Waals surface area contributed by atoms with Gasteiger partial charge in [-0.1, -0.05) is 273 Å². The summed E-state index contributed by atoms with van der Waals surface area (Å²) in [7, 11) is 0. The number of unbranched alkanes of at least 4 members (excludes halogenated alkanes) is 30. The Labute approximate surface area is 445 Å². The van der Waals surface area contributed by atoms with Crippen molar-refractivity contribution >= 4 is 17.9 Å². The van der Waals surface area contributed by atoms with E-state index in [1.54, 1.807) is 0 Å². The molecule has 0 spiro atoms. The first kappa shape index (κ1) is 68.6. The predicted octanol–water partition coefficient (Wildman–Crippen LogP) is 20.7. The van der Waals surface area contributed by atoms with Gasteiger partial charge in [-0.25, -0.2) is 0 Å². The summed E-state index contributed by atoms with van der Waals surface area (Å²) in [5.74, 6) is -0.882. The lowest BCUT2D eigenvalue weighted by Gasteiger charge is -2.18. The maximum Gasteiger partial charge on any atom is 0.306 e. The zero-order valence-electron chi connectivity index (χ0n) is 47.4. The van der Waals surface area contributed by atoms with Gasteiger partial charge in [0.1, 0.15) is 13.2 Å². The van der Waals surface area contributed by atoms with Crippen molar-refractivity contribution in [2.24, 2.45) is 0 Å². The summed E-state index contributed by atoms with van der Waals surface area (Å²) in [5, 5.41) is 0. The Bertz CT molecular complexity index is 1380. The third kappa shape index (κ3) is 57.5. The molecule has 0 aliphatic heterocycles. The predicted molar refractivity (Wildman–Crippen MR) is 311 cm³/mol. The van der Waals surface area contributed by atoms with Crippen molar-refractivity contribution in [1.29, 1.82) is 0 Å². The molecular weight excluding hydrogens is 889 g/mol. The summed E-state index contributed by atoms with van der Waals surface area (Å²) in [5.41, 5.74) is 0. The third-order valence-corrected chi connectivity index (χ3v) is 13.1. The Kier molecular flexibility index (Phi) is 57.3. The van der Waals surface area contributed by atoms with E-state index in [4.69, 9.17) is 14.2 Å². The standard InChI is InChI=1S/C66H114O6/c1-4-7-10-13-16-19-22-24-26-27-28-29-30-31-32-33-34-35-36-37-38-39-40-42-44-47-50-53-56-59-65(68)71-62-63(61-70-64(67)58-55-52-49-46-43-21-18-15-12-9-6-3)72-66(69)60-57-54-51-48-45-41-25-23-20-17-14-11-8-5-2/h7,10,15-16,18-19,24,26,28-29,31-32,34-35,63H,4-6,8-9,11-14,17,20-23,25,27,30,33,36-62H2,1-3H3/b10-7-,18-15-,19-16-,26-24-,29-28-,32-31-,35-34-. The van der Waals surface area contributed by atoms with Crippen LogP contribution in [-0.2, 0) is 28.6 Å². The molecule has 0 aliphatic carbocycles. The van der Waals surface area contributed by atoms with Crippen molar-refractivity contribution in [3.8, 4) is 0 Å². The van der Waals surface area contributed by atoms with Gasteiger partial charge in [-0.05, 0) is 89.9 Å². The van der Waals surface area contributed by atoms with Crippen LogP contribution in [0.25, 0.3) is 0 Å². The molecule has 0 aromatic carbocycles. The summed E-state index contributed by atoms with van der Waals surface area (Å²) in [6.07, 6.45) is 78.7. The first-order chi connectivity index (χ1) is 35.5. The van der Waals surface area contributed by atoms with Gasteiger partial charge in [0.05, 0.1) is 0 Å². The highest BCUT2D eigenvalue weighted by atomic mass is 16.6. The molecule has 1 unspecified atom stereocenters. The van der Waals surface area contributed by atoms with Gasteiger partial charge in [0.15, 0.2) is 6.10 Å². The molecule has 0 fully saturated rings. The van der Waals surface area contributed by atoms with E-state index >= 15 is 0 Å². The average molecular weight is 1000 g/mol. The van der Waals surface area contributed by atoms with Crippen LogP contribution in [0.5, 0.6) is 0 Å². The van der Waals surface area contributed by atoms with Crippen molar-refractivity contribution in [3.63, 3.8) is 0 Å². The molecule has 0 amide bonds. The minimum atomic E-state index is -0.779. The number of ether oxygens (including phenoxy) is 3. The molecule has 0 aliphatic rings. The topological polar surface area (TPSA) is 78.9 Å². The van der Waals surface area contributed by atoms with Crippen molar-refractivity contribution in [1.82, 2.24) is 0 Å². The highest BCUT2D eigenvalue weighted by molar-refractivity contribution is 5.71. The van der Waals surface area contributed by atoms with Crippen LogP contribution in [0, 0.1) is 0 Å². The van der Waals surface area contributed by atoms with Gasteiger partial charge < -0.3 is 14.2 Å². The molecule has 414 valence electrons. The van der Waals surface area contributed by atoms with Crippen LogP contribution in [0.3, 0.4) is 0 Å². The fourth-order valence-corrected chi connectivity index (χ4v) is 8.55. The Morgan fingerprint density at radius 2 is 0.556 bits per heavy atom. The molecule has 0 bridgehead atoms. The fraction of sp³-hybridized carbons (Fsp3) is 0.742. The second kappa shape index (κ2) is 60.1. The Hall–Kier alpha value is -3.41. The second-order valence-electron chi connectivity index (χ2n) is 20.2. The first-order valence-corrected chi connectivity index (χ1v) is 30.6. The minimum Gasteiger partial charge on any atom is -0.462 e. The number of hydrogen-bond acceptors (Lipinski definition) is 6. The van der Waals surface area contributed by atoms with Crippen molar-refractivity contribution in [3.05, 3.63) is 85.1 Å². The van der Waals surface area contributed by atoms with Crippen LogP contribution >= 0.6 is 0 Å². The van der Waals surface area contributed by atoms with Gasteiger partial charge in [0.2, 0.25) is 0 Å². The molecule has 0 radical (unpaired) electrons. The lowest BCUT2D eigenvalue weighted by molar-refractivity contribution is -0.167. The lowest BCUT2D eigenvalue weighted by Crippen LogP contribution is -2.30. The number of carbonyl (C=O) groups is 3.